The lowest BCUT2D eigenvalue weighted by Crippen LogP contribution is -2.55. The Bertz CT molecular complexity index is 804. The van der Waals surface area contributed by atoms with Crippen molar-refractivity contribution in [2.45, 2.75) is 56.5 Å². The zero-order valence-corrected chi connectivity index (χ0v) is 15.4. The molecular formula is C19H24F3N5O. The number of halogens is 3. The number of aliphatic hydroxyl groups excluding tert-OH is 1. The summed E-state index contributed by atoms with van der Waals surface area (Å²) in [6.07, 6.45) is 3.11. The van der Waals surface area contributed by atoms with Gasteiger partial charge in [0.1, 0.15) is 5.52 Å². The van der Waals surface area contributed by atoms with Gasteiger partial charge in [0.2, 0.25) is 0 Å². The fourth-order valence-electron chi connectivity index (χ4n) is 4.35. The number of nitrogens with zero attached hydrogens (tertiary/aromatic N) is 4. The number of hydrogen-bond donors (Lipinski definition) is 2. The first-order valence-corrected chi connectivity index (χ1v) is 9.71. The molecule has 0 spiro atoms. The van der Waals surface area contributed by atoms with Crippen molar-refractivity contribution < 1.29 is 18.3 Å². The first-order chi connectivity index (χ1) is 13.4. The lowest BCUT2D eigenvalue weighted by atomic mass is 9.89. The summed E-state index contributed by atoms with van der Waals surface area (Å²) >= 11 is 0. The highest BCUT2D eigenvalue weighted by molar-refractivity contribution is 5.85. The van der Waals surface area contributed by atoms with Crippen LogP contribution in [0.5, 0.6) is 0 Å². The van der Waals surface area contributed by atoms with E-state index < -0.39 is 12.1 Å². The van der Waals surface area contributed by atoms with Crippen LogP contribution in [0.25, 0.3) is 11.2 Å². The minimum absolute atomic E-state index is 0.0632. The van der Waals surface area contributed by atoms with Gasteiger partial charge in [0.25, 0.3) is 0 Å². The van der Waals surface area contributed by atoms with E-state index in [0.29, 0.717) is 36.2 Å². The quantitative estimate of drug-likeness (QED) is 0.833. The molecule has 0 bridgehead atoms. The van der Waals surface area contributed by atoms with Crippen molar-refractivity contribution in [3.8, 4) is 0 Å². The molecule has 2 aromatic heterocycles. The number of anilines is 1. The van der Waals surface area contributed by atoms with Crippen LogP contribution in [-0.2, 0) is 0 Å². The molecule has 2 fully saturated rings. The predicted molar refractivity (Wildman–Crippen MR) is 98.9 cm³/mol. The zero-order chi connectivity index (χ0) is 19.7. The van der Waals surface area contributed by atoms with E-state index in [2.05, 4.69) is 20.3 Å². The van der Waals surface area contributed by atoms with Gasteiger partial charge in [-0.25, -0.2) is 15.0 Å². The van der Waals surface area contributed by atoms with E-state index in [-0.39, 0.29) is 31.2 Å². The Morgan fingerprint density at radius 3 is 2.43 bits per heavy atom. The Morgan fingerprint density at radius 2 is 1.68 bits per heavy atom. The molecule has 2 N–H and O–H groups in total. The van der Waals surface area contributed by atoms with Crippen LogP contribution in [0.15, 0.2) is 24.7 Å². The summed E-state index contributed by atoms with van der Waals surface area (Å²) in [6.45, 7) is 0.377. The van der Waals surface area contributed by atoms with E-state index in [0.717, 1.165) is 12.8 Å². The van der Waals surface area contributed by atoms with Crippen molar-refractivity contribution in [1.82, 2.24) is 20.3 Å². The molecule has 2 aromatic rings. The fourth-order valence-corrected chi connectivity index (χ4v) is 4.35. The number of pyridine rings is 1. The molecule has 1 saturated heterocycles. The van der Waals surface area contributed by atoms with E-state index in [9.17, 15) is 18.3 Å². The summed E-state index contributed by atoms with van der Waals surface area (Å²) in [5.74, 6) is -1.41. The van der Waals surface area contributed by atoms with Gasteiger partial charge >= 0.3 is 6.18 Å². The number of alkyl halides is 3. The Labute approximate surface area is 161 Å². The van der Waals surface area contributed by atoms with Gasteiger partial charge in [-0.05, 0) is 38.2 Å². The van der Waals surface area contributed by atoms with Crippen LogP contribution in [0, 0.1) is 5.92 Å². The van der Waals surface area contributed by atoms with Crippen LogP contribution >= 0.6 is 0 Å². The Kier molecular flexibility index (Phi) is 5.37. The van der Waals surface area contributed by atoms with Crippen LogP contribution < -0.4 is 10.2 Å². The third kappa shape index (κ3) is 4.20. The summed E-state index contributed by atoms with van der Waals surface area (Å²) in [5.41, 5.74) is 1.59. The summed E-state index contributed by atoms with van der Waals surface area (Å²) in [5, 5.41) is 13.1. The molecular weight excluding hydrogens is 371 g/mol. The van der Waals surface area contributed by atoms with Crippen LogP contribution in [0.2, 0.25) is 0 Å². The fraction of sp³-hybridized carbons (Fsp3) is 0.632. The van der Waals surface area contributed by atoms with Crippen LogP contribution in [-0.4, -0.2) is 57.5 Å². The van der Waals surface area contributed by atoms with Crippen molar-refractivity contribution in [1.29, 1.82) is 0 Å². The lowest BCUT2D eigenvalue weighted by molar-refractivity contribution is -0.177. The minimum atomic E-state index is -4.25. The predicted octanol–water partition coefficient (Wildman–Crippen LogP) is 2.68. The van der Waals surface area contributed by atoms with Gasteiger partial charge in [0, 0.05) is 43.8 Å². The second-order valence-electron chi connectivity index (χ2n) is 7.81. The maximum Gasteiger partial charge on any atom is 0.393 e. The number of aromatic nitrogens is 3. The smallest absolute Gasteiger partial charge is 0.393 e. The molecule has 3 heterocycles. The highest BCUT2D eigenvalue weighted by atomic mass is 19.4. The molecule has 4 rings (SSSR count). The Morgan fingerprint density at radius 1 is 0.964 bits per heavy atom. The third-order valence-electron chi connectivity index (χ3n) is 5.77. The van der Waals surface area contributed by atoms with Crippen LogP contribution in [0.4, 0.5) is 18.9 Å². The van der Waals surface area contributed by atoms with Gasteiger partial charge in [0.15, 0.2) is 5.65 Å². The molecule has 9 heteroatoms. The average molecular weight is 395 g/mol. The number of nitrogens with one attached hydrogen (secondary N) is 1. The van der Waals surface area contributed by atoms with E-state index >= 15 is 0 Å². The van der Waals surface area contributed by atoms with Crippen molar-refractivity contribution in [3.05, 3.63) is 24.7 Å². The average Bonchev–Trinajstić information content (AvgIpc) is 2.68. The number of aliphatic hydroxyl groups is 1. The molecule has 1 saturated carbocycles. The van der Waals surface area contributed by atoms with Gasteiger partial charge in [-0.1, -0.05) is 0 Å². The third-order valence-corrected chi connectivity index (χ3v) is 5.77. The molecule has 0 radical (unpaired) electrons. The van der Waals surface area contributed by atoms with Crippen molar-refractivity contribution in [3.63, 3.8) is 0 Å². The number of fused-ring (bicyclic) bond motifs is 1. The first-order valence-electron chi connectivity index (χ1n) is 9.71. The molecule has 0 amide bonds. The molecule has 1 aliphatic heterocycles. The van der Waals surface area contributed by atoms with E-state index in [4.69, 9.17) is 0 Å². The SMILES string of the molecule is O[C@H]1CC[C@H](N[C@@H]2C[C@H](C(F)(F)F)CN(c3ccnc4nccnc34)C2)CC1. The number of hydrogen-bond acceptors (Lipinski definition) is 6. The van der Waals surface area contributed by atoms with E-state index in [1.807, 2.05) is 0 Å². The monoisotopic (exact) mass is 395 g/mol. The number of rotatable bonds is 3. The van der Waals surface area contributed by atoms with Crippen molar-refractivity contribution >= 4 is 16.9 Å². The Balaban J connectivity index is 1.57. The standard InChI is InChI=1S/C19H24F3N5O/c20-19(21,22)12-9-14(26-13-1-3-15(28)4-2-13)11-27(10-12)16-5-6-24-18-17(16)23-7-8-25-18/h5-8,12-15,26,28H,1-4,9-11H2/t12-,13-,14+,15-/m0/s1. The maximum atomic E-state index is 13.6. The molecule has 1 aliphatic carbocycles. The zero-order valence-electron chi connectivity index (χ0n) is 15.4. The summed E-state index contributed by atoms with van der Waals surface area (Å²) in [4.78, 5) is 14.4. The second kappa shape index (κ2) is 7.79. The van der Waals surface area contributed by atoms with Gasteiger partial charge in [0.05, 0.1) is 17.7 Å². The maximum absolute atomic E-state index is 13.6. The summed E-state index contributed by atoms with van der Waals surface area (Å²) in [6, 6.07) is 1.58. The summed E-state index contributed by atoms with van der Waals surface area (Å²) < 4.78 is 40.9. The van der Waals surface area contributed by atoms with Gasteiger partial charge < -0.3 is 15.3 Å². The molecule has 152 valence electrons. The highest BCUT2D eigenvalue weighted by Gasteiger charge is 2.45. The van der Waals surface area contributed by atoms with E-state index in [1.54, 1.807) is 17.2 Å². The minimum Gasteiger partial charge on any atom is -0.393 e. The van der Waals surface area contributed by atoms with Crippen LogP contribution in [0.1, 0.15) is 32.1 Å². The van der Waals surface area contributed by atoms with Gasteiger partial charge in [-0.3, -0.25) is 0 Å². The number of piperidine rings is 1. The van der Waals surface area contributed by atoms with E-state index in [1.165, 1.54) is 12.4 Å². The molecule has 28 heavy (non-hydrogen) atoms. The first kappa shape index (κ1) is 19.3. The van der Waals surface area contributed by atoms with Gasteiger partial charge in [-0.2, -0.15) is 13.2 Å². The van der Waals surface area contributed by atoms with Crippen molar-refractivity contribution in [2.24, 2.45) is 5.92 Å². The summed E-state index contributed by atoms with van der Waals surface area (Å²) in [7, 11) is 0. The Hall–Kier alpha value is -2.00. The molecule has 2 atom stereocenters. The topological polar surface area (TPSA) is 74.2 Å². The second-order valence-corrected chi connectivity index (χ2v) is 7.81. The highest BCUT2D eigenvalue weighted by Crippen LogP contribution is 2.36. The lowest BCUT2D eigenvalue weighted by Gasteiger charge is -2.42. The molecule has 0 unspecified atom stereocenters. The normalized spacial score (nSPS) is 29.2. The molecule has 2 aliphatic rings. The van der Waals surface area contributed by atoms with Gasteiger partial charge in [-0.15, -0.1) is 0 Å². The molecule has 0 aromatic carbocycles. The largest absolute Gasteiger partial charge is 0.393 e. The van der Waals surface area contributed by atoms with Crippen LogP contribution in [0.3, 0.4) is 0 Å². The van der Waals surface area contributed by atoms with Crippen molar-refractivity contribution in [2.75, 3.05) is 18.0 Å². The molecule has 6 nitrogen and oxygen atoms in total.